The van der Waals surface area contributed by atoms with Crippen LogP contribution < -0.4 is 5.32 Å². The van der Waals surface area contributed by atoms with Gasteiger partial charge in [-0.25, -0.2) is 4.98 Å². The first-order chi connectivity index (χ1) is 8.58. The molecule has 0 aliphatic heterocycles. The van der Waals surface area contributed by atoms with Crippen molar-refractivity contribution in [2.24, 2.45) is 5.92 Å². The van der Waals surface area contributed by atoms with Crippen molar-refractivity contribution in [2.75, 3.05) is 6.54 Å². The smallest absolute Gasteiger partial charge is 0.222 e. The second kappa shape index (κ2) is 7.52. The summed E-state index contributed by atoms with van der Waals surface area (Å²) in [6.45, 7) is 9.03. The van der Waals surface area contributed by atoms with Crippen LogP contribution in [0.1, 0.15) is 49.2 Å². The first-order valence-electron chi connectivity index (χ1n) is 6.81. The van der Waals surface area contributed by atoms with Crippen LogP contribution >= 0.6 is 11.3 Å². The van der Waals surface area contributed by atoms with Gasteiger partial charge in [0.25, 0.3) is 0 Å². The lowest BCUT2D eigenvalue weighted by atomic mass is 10.1. The molecule has 0 aliphatic rings. The van der Waals surface area contributed by atoms with Crippen molar-refractivity contribution in [3.63, 3.8) is 0 Å². The summed E-state index contributed by atoms with van der Waals surface area (Å²) >= 11 is 1.75. The summed E-state index contributed by atoms with van der Waals surface area (Å²) in [5.74, 6) is 0.292. The van der Waals surface area contributed by atoms with Gasteiger partial charge in [0.1, 0.15) is 0 Å². The van der Waals surface area contributed by atoms with Gasteiger partial charge in [-0.05, 0) is 19.8 Å². The minimum Gasteiger partial charge on any atom is -0.355 e. The Morgan fingerprint density at radius 2 is 2.17 bits per heavy atom. The van der Waals surface area contributed by atoms with Gasteiger partial charge in [0.2, 0.25) is 5.91 Å². The van der Waals surface area contributed by atoms with E-state index in [1.54, 1.807) is 11.3 Å². The monoisotopic (exact) mass is 268 g/mol. The summed E-state index contributed by atoms with van der Waals surface area (Å²) < 4.78 is 0. The fourth-order valence-corrected chi connectivity index (χ4v) is 2.97. The second-order valence-corrected chi connectivity index (χ2v) is 5.98. The van der Waals surface area contributed by atoms with Crippen molar-refractivity contribution in [2.45, 2.75) is 53.4 Å². The summed E-state index contributed by atoms with van der Waals surface area (Å²) in [5.41, 5.74) is 1.20. The zero-order valence-electron chi connectivity index (χ0n) is 11.9. The molecule has 1 heterocycles. The molecule has 1 atom stereocenters. The van der Waals surface area contributed by atoms with Crippen LogP contribution in [0.4, 0.5) is 0 Å². The van der Waals surface area contributed by atoms with Gasteiger partial charge in [0.15, 0.2) is 0 Å². The molecule has 18 heavy (non-hydrogen) atoms. The molecule has 0 spiro atoms. The van der Waals surface area contributed by atoms with E-state index in [4.69, 9.17) is 0 Å². The molecule has 0 radical (unpaired) electrons. The summed E-state index contributed by atoms with van der Waals surface area (Å²) in [5, 5.41) is 4.12. The van der Waals surface area contributed by atoms with E-state index in [-0.39, 0.29) is 11.8 Å². The Bertz CT molecular complexity index is 387. The number of nitrogens with one attached hydrogen (secondary N) is 1. The maximum atomic E-state index is 11.7. The predicted octanol–water partition coefficient (Wildman–Crippen LogP) is 3.11. The molecule has 1 aromatic rings. The van der Waals surface area contributed by atoms with Gasteiger partial charge in [-0.3, -0.25) is 4.79 Å². The SMILES string of the molecule is CCC[C@H](C)C(=O)NCCc1nc(CC)c(C)s1. The number of aryl methyl sites for hydroxylation is 2. The van der Waals surface area contributed by atoms with Crippen molar-refractivity contribution >= 4 is 17.2 Å². The third-order valence-electron chi connectivity index (χ3n) is 3.08. The van der Waals surface area contributed by atoms with E-state index in [2.05, 4.69) is 31.1 Å². The van der Waals surface area contributed by atoms with E-state index < -0.39 is 0 Å². The number of hydrogen-bond acceptors (Lipinski definition) is 3. The molecule has 4 heteroatoms. The van der Waals surface area contributed by atoms with Crippen LogP contribution in [0.25, 0.3) is 0 Å². The van der Waals surface area contributed by atoms with E-state index in [9.17, 15) is 4.79 Å². The number of nitrogens with zero attached hydrogens (tertiary/aromatic N) is 1. The van der Waals surface area contributed by atoms with Crippen molar-refractivity contribution in [1.29, 1.82) is 0 Å². The van der Waals surface area contributed by atoms with Crippen molar-refractivity contribution in [3.05, 3.63) is 15.6 Å². The van der Waals surface area contributed by atoms with E-state index >= 15 is 0 Å². The van der Waals surface area contributed by atoms with Gasteiger partial charge in [-0.2, -0.15) is 0 Å². The number of amides is 1. The molecule has 1 aromatic heterocycles. The summed E-state index contributed by atoms with van der Waals surface area (Å²) in [4.78, 5) is 17.6. The fraction of sp³-hybridized carbons (Fsp3) is 0.714. The van der Waals surface area contributed by atoms with Gasteiger partial charge in [-0.15, -0.1) is 11.3 Å². The first kappa shape index (κ1) is 15.2. The van der Waals surface area contributed by atoms with Crippen molar-refractivity contribution in [1.82, 2.24) is 10.3 Å². The first-order valence-corrected chi connectivity index (χ1v) is 7.63. The minimum atomic E-state index is 0.124. The molecule has 0 bridgehead atoms. The molecular weight excluding hydrogens is 244 g/mol. The summed E-state index contributed by atoms with van der Waals surface area (Å²) in [7, 11) is 0. The molecule has 1 N–H and O–H groups in total. The molecule has 0 fully saturated rings. The fourth-order valence-electron chi connectivity index (χ4n) is 1.95. The quantitative estimate of drug-likeness (QED) is 0.825. The van der Waals surface area contributed by atoms with E-state index in [0.717, 1.165) is 30.7 Å². The lowest BCUT2D eigenvalue weighted by Gasteiger charge is -2.10. The molecule has 0 unspecified atom stereocenters. The van der Waals surface area contributed by atoms with Crippen LogP contribution in [0.2, 0.25) is 0 Å². The molecule has 0 aliphatic carbocycles. The van der Waals surface area contributed by atoms with Crippen LogP contribution in [0, 0.1) is 12.8 Å². The van der Waals surface area contributed by atoms with Gasteiger partial charge in [-0.1, -0.05) is 27.2 Å². The highest BCUT2D eigenvalue weighted by atomic mass is 32.1. The highest BCUT2D eigenvalue weighted by Crippen LogP contribution is 2.18. The largest absolute Gasteiger partial charge is 0.355 e. The predicted molar refractivity (Wildman–Crippen MR) is 77.0 cm³/mol. The van der Waals surface area contributed by atoms with Crippen LogP contribution in [-0.4, -0.2) is 17.4 Å². The molecule has 3 nitrogen and oxygen atoms in total. The van der Waals surface area contributed by atoms with Crippen LogP contribution in [-0.2, 0) is 17.6 Å². The molecular formula is C14H24N2OS. The Balaban J connectivity index is 2.35. The standard InChI is InChI=1S/C14H24N2OS/c1-5-7-10(3)14(17)15-9-8-13-16-12(6-2)11(4)18-13/h10H,5-9H2,1-4H3,(H,15,17)/t10-/m0/s1. The molecule has 0 saturated heterocycles. The van der Waals surface area contributed by atoms with Gasteiger partial charge in [0.05, 0.1) is 10.7 Å². The van der Waals surface area contributed by atoms with Gasteiger partial charge >= 0.3 is 0 Å². The Morgan fingerprint density at radius 1 is 1.44 bits per heavy atom. The zero-order chi connectivity index (χ0) is 13.5. The third kappa shape index (κ3) is 4.41. The highest BCUT2D eigenvalue weighted by Gasteiger charge is 2.11. The van der Waals surface area contributed by atoms with E-state index in [0.29, 0.717) is 6.54 Å². The van der Waals surface area contributed by atoms with Crippen molar-refractivity contribution in [3.8, 4) is 0 Å². The topological polar surface area (TPSA) is 42.0 Å². The minimum absolute atomic E-state index is 0.124. The summed E-state index contributed by atoms with van der Waals surface area (Å²) in [6.07, 6.45) is 3.85. The Labute approximate surface area is 114 Å². The maximum Gasteiger partial charge on any atom is 0.222 e. The third-order valence-corrected chi connectivity index (χ3v) is 4.15. The normalized spacial score (nSPS) is 12.4. The molecule has 0 saturated carbocycles. The molecule has 1 rings (SSSR count). The Morgan fingerprint density at radius 3 is 2.72 bits per heavy atom. The van der Waals surface area contributed by atoms with Gasteiger partial charge in [0, 0.05) is 23.8 Å². The molecule has 1 amide bonds. The maximum absolute atomic E-state index is 11.7. The molecule has 102 valence electrons. The number of rotatable bonds is 7. The number of carbonyl (C=O) groups excluding carboxylic acids is 1. The number of aromatic nitrogens is 1. The number of hydrogen-bond donors (Lipinski definition) is 1. The number of thiazole rings is 1. The zero-order valence-corrected chi connectivity index (χ0v) is 12.7. The lowest BCUT2D eigenvalue weighted by molar-refractivity contribution is -0.124. The summed E-state index contributed by atoms with van der Waals surface area (Å²) in [6, 6.07) is 0. The van der Waals surface area contributed by atoms with E-state index in [1.165, 1.54) is 10.6 Å². The molecule has 0 aromatic carbocycles. The second-order valence-electron chi connectivity index (χ2n) is 4.69. The van der Waals surface area contributed by atoms with Crippen LogP contribution in [0.5, 0.6) is 0 Å². The average Bonchev–Trinajstić information content (AvgIpc) is 2.70. The van der Waals surface area contributed by atoms with Crippen LogP contribution in [0.3, 0.4) is 0 Å². The average molecular weight is 268 g/mol. The van der Waals surface area contributed by atoms with Crippen molar-refractivity contribution < 1.29 is 4.79 Å². The van der Waals surface area contributed by atoms with Gasteiger partial charge < -0.3 is 5.32 Å². The highest BCUT2D eigenvalue weighted by molar-refractivity contribution is 7.11. The van der Waals surface area contributed by atoms with E-state index in [1.807, 2.05) is 6.92 Å². The Hall–Kier alpha value is -0.900. The van der Waals surface area contributed by atoms with Crippen LogP contribution in [0.15, 0.2) is 0 Å². The Kier molecular flexibility index (Phi) is 6.33. The lowest BCUT2D eigenvalue weighted by Crippen LogP contribution is -2.30. The number of carbonyl (C=O) groups is 1.